The largest absolute Gasteiger partial charge is 0.481 e. The van der Waals surface area contributed by atoms with Crippen molar-refractivity contribution in [1.29, 1.82) is 0 Å². The lowest BCUT2D eigenvalue weighted by Crippen LogP contribution is -2.40. The van der Waals surface area contributed by atoms with Crippen LogP contribution < -0.4 is 0 Å². The Kier molecular flexibility index (Phi) is 8.49. The van der Waals surface area contributed by atoms with Crippen LogP contribution in [-0.2, 0) is 9.53 Å². The van der Waals surface area contributed by atoms with E-state index in [9.17, 15) is 9.90 Å². The first-order chi connectivity index (χ1) is 13.0. The lowest BCUT2D eigenvalue weighted by molar-refractivity contribution is -0.143. The van der Waals surface area contributed by atoms with Gasteiger partial charge in [-0.1, -0.05) is 59.7 Å². The summed E-state index contributed by atoms with van der Waals surface area (Å²) >= 11 is 0. The van der Waals surface area contributed by atoms with Crippen molar-refractivity contribution in [2.24, 2.45) is 5.92 Å². The zero-order chi connectivity index (χ0) is 19.2. The number of halogens is 1. The van der Waals surface area contributed by atoms with E-state index >= 15 is 0 Å². The molecule has 0 radical (unpaired) electrons. The number of aliphatic carboxylic acids is 1. The van der Waals surface area contributed by atoms with E-state index in [1.54, 1.807) is 0 Å². The molecule has 28 heavy (non-hydrogen) atoms. The van der Waals surface area contributed by atoms with Crippen LogP contribution >= 0.6 is 12.4 Å². The highest BCUT2D eigenvalue weighted by atomic mass is 35.5. The molecule has 1 fully saturated rings. The van der Waals surface area contributed by atoms with Crippen molar-refractivity contribution in [3.05, 3.63) is 70.8 Å². The molecule has 1 aliphatic heterocycles. The number of ether oxygens (including phenoxy) is 1. The number of carbonyl (C=O) groups is 1. The van der Waals surface area contributed by atoms with Crippen LogP contribution in [0.15, 0.2) is 48.5 Å². The molecule has 1 N–H and O–H groups in total. The predicted octanol–water partition coefficient (Wildman–Crippen LogP) is 4.63. The number of carboxylic acids is 1. The number of benzene rings is 2. The Morgan fingerprint density at radius 2 is 1.61 bits per heavy atom. The van der Waals surface area contributed by atoms with Gasteiger partial charge in [-0.25, -0.2) is 0 Å². The summed E-state index contributed by atoms with van der Waals surface area (Å²) in [4.78, 5) is 13.5. The van der Waals surface area contributed by atoms with Gasteiger partial charge in [0.25, 0.3) is 0 Å². The fourth-order valence-corrected chi connectivity index (χ4v) is 3.63. The average Bonchev–Trinajstić information content (AvgIpc) is 2.67. The maximum Gasteiger partial charge on any atom is 0.307 e. The van der Waals surface area contributed by atoms with Crippen LogP contribution in [0.25, 0.3) is 0 Å². The average molecular weight is 404 g/mol. The van der Waals surface area contributed by atoms with E-state index in [0.29, 0.717) is 13.2 Å². The second-order valence-electron chi connectivity index (χ2n) is 7.55. The quantitative estimate of drug-likeness (QED) is 0.732. The van der Waals surface area contributed by atoms with Gasteiger partial charge in [0.2, 0.25) is 0 Å². The Morgan fingerprint density at radius 3 is 2.11 bits per heavy atom. The molecule has 4 nitrogen and oxygen atoms in total. The molecule has 1 unspecified atom stereocenters. The van der Waals surface area contributed by atoms with Crippen molar-refractivity contribution in [3.8, 4) is 0 Å². The second kappa shape index (κ2) is 10.6. The zero-order valence-corrected chi connectivity index (χ0v) is 17.5. The zero-order valence-electron chi connectivity index (χ0n) is 16.6. The number of rotatable bonds is 7. The van der Waals surface area contributed by atoms with Gasteiger partial charge in [-0.05, 0) is 44.4 Å². The van der Waals surface area contributed by atoms with Crippen molar-refractivity contribution in [2.75, 3.05) is 26.2 Å². The third kappa shape index (κ3) is 6.06. The van der Waals surface area contributed by atoms with Gasteiger partial charge >= 0.3 is 5.97 Å². The molecule has 0 aromatic heterocycles. The topological polar surface area (TPSA) is 49.8 Å². The van der Waals surface area contributed by atoms with E-state index in [0.717, 1.165) is 37.1 Å². The molecule has 1 heterocycles. The minimum Gasteiger partial charge on any atom is -0.481 e. The number of nitrogens with zero attached hydrogens (tertiary/aromatic N) is 1. The van der Waals surface area contributed by atoms with Crippen LogP contribution in [0, 0.1) is 19.8 Å². The summed E-state index contributed by atoms with van der Waals surface area (Å²) in [5.74, 6) is -0.929. The first kappa shape index (κ1) is 22.4. The van der Waals surface area contributed by atoms with Gasteiger partial charge in [0, 0.05) is 13.1 Å². The van der Waals surface area contributed by atoms with Gasteiger partial charge in [-0.2, -0.15) is 0 Å². The number of carboxylic acid groups (broad SMARTS) is 1. The predicted molar refractivity (Wildman–Crippen MR) is 114 cm³/mol. The highest BCUT2D eigenvalue weighted by Crippen LogP contribution is 2.27. The summed E-state index contributed by atoms with van der Waals surface area (Å²) in [7, 11) is 0. The molecule has 152 valence electrons. The number of hydrogen-bond acceptors (Lipinski definition) is 3. The van der Waals surface area contributed by atoms with E-state index < -0.39 is 5.97 Å². The first-order valence-electron chi connectivity index (χ1n) is 9.73. The Bertz CT molecular complexity index is 700. The van der Waals surface area contributed by atoms with E-state index in [2.05, 4.69) is 67.3 Å². The van der Waals surface area contributed by atoms with E-state index in [1.165, 1.54) is 11.1 Å². The van der Waals surface area contributed by atoms with Crippen LogP contribution in [0.3, 0.4) is 0 Å². The Balaban J connectivity index is 0.00000280. The van der Waals surface area contributed by atoms with E-state index in [1.807, 2.05) is 0 Å². The van der Waals surface area contributed by atoms with Crippen LogP contribution in [0.5, 0.6) is 0 Å². The molecule has 0 amide bonds. The highest BCUT2D eigenvalue weighted by molar-refractivity contribution is 5.85. The first-order valence-corrected chi connectivity index (χ1v) is 9.73. The summed E-state index contributed by atoms with van der Waals surface area (Å²) in [6.45, 7) is 7.09. The van der Waals surface area contributed by atoms with Crippen LogP contribution in [0.4, 0.5) is 0 Å². The monoisotopic (exact) mass is 403 g/mol. The Hall–Kier alpha value is -1.88. The third-order valence-corrected chi connectivity index (χ3v) is 5.31. The molecule has 1 aliphatic rings. The summed E-state index contributed by atoms with van der Waals surface area (Å²) in [5.41, 5.74) is 4.75. The fourth-order valence-electron chi connectivity index (χ4n) is 3.63. The molecule has 0 spiro atoms. The van der Waals surface area contributed by atoms with E-state index in [-0.39, 0.29) is 24.4 Å². The van der Waals surface area contributed by atoms with Gasteiger partial charge in [0.15, 0.2) is 0 Å². The van der Waals surface area contributed by atoms with Gasteiger partial charge < -0.3 is 14.7 Å². The van der Waals surface area contributed by atoms with Crippen molar-refractivity contribution in [3.63, 3.8) is 0 Å². The maximum absolute atomic E-state index is 11.2. The van der Waals surface area contributed by atoms with Gasteiger partial charge in [-0.15, -0.1) is 12.4 Å². The molecule has 2 aromatic rings. The SMILES string of the molecule is Cc1ccc(C(OCCN2CCCC(C(=O)O)C2)c2ccc(C)cc2)cc1.Cl. The van der Waals surface area contributed by atoms with Gasteiger partial charge in [-0.3, -0.25) is 4.79 Å². The van der Waals surface area contributed by atoms with Gasteiger partial charge in [0.1, 0.15) is 6.10 Å². The van der Waals surface area contributed by atoms with Crippen molar-refractivity contribution < 1.29 is 14.6 Å². The molecule has 2 aromatic carbocycles. The lowest BCUT2D eigenvalue weighted by atomic mass is 9.98. The number of likely N-dealkylation sites (tertiary alicyclic amines) is 1. The van der Waals surface area contributed by atoms with Crippen molar-refractivity contribution in [1.82, 2.24) is 4.90 Å². The summed E-state index contributed by atoms with van der Waals surface area (Å²) in [6.07, 6.45) is 1.62. The van der Waals surface area contributed by atoms with Crippen molar-refractivity contribution >= 4 is 18.4 Å². The lowest BCUT2D eigenvalue weighted by Gasteiger charge is -2.31. The molecule has 0 bridgehead atoms. The molecule has 1 saturated heterocycles. The molecular formula is C23H30ClNO3. The molecule has 0 aliphatic carbocycles. The smallest absolute Gasteiger partial charge is 0.307 e. The minimum atomic E-state index is -0.683. The third-order valence-electron chi connectivity index (χ3n) is 5.31. The van der Waals surface area contributed by atoms with Crippen molar-refractivity contribution in [2.45, 2.75) is 32.8 Å². The number of aryl methyl sites for hydroxylation is 2. The number of hydrogen-bond donors (Lipinski definition) is 1. The van der Waals surface area contributed by atoms with E-state index in [4.69, 9.17) is 4.74 Å². The molecular weight excluding hydrogens is 374 g/mol. The minimum absolute atomic E-state index is 0. The van der Waals surface area contributed by atoms with Crippen LogP contribution in [0.1, 0.15) is 41.2 Å². The standard InChI is InChI=1S/C23H29NO3.ClH/c1-17-5-9-19(10-6-17)22(20-11-7-18(2)8-12-20)27-15-14-24-13-3-4-21(16-24)23(25)26;/h5-12,21-22H,3-4,13-16H2,1-2H3,(H,25,26);1H. The van der Waals surface area contributed by atoms with Gasteiger partial charge in [0.05, 0.1) is 12.5 Å². The fraction of sp³-hybridized carbons (Fsp3) is 0.435. The molecule has 0 saturated carbocycles. The Labute approximate surface area is 173 Å². The van der Waals surface area contributed by atoms with Crippen LogP contribution in [0.2, 0.25) is 0 Å². The Morgan fingerprint density at radius 1 is 1.07 bits per heavy atom. The second-order valence-corrected chi connectivity index (χ2v) is 7.55. The molecule has 5 heteroatoms. The summed E-state index contributed by atoms with van der Waals surface area (Å²) in [6, 6.07) is 17.0. The molecule has 3 rings (SSSR count). The highest BCUT2D eigenvalue weighted by Gasteiger charge is 2.25. The molecule has 1 atom stereocenters. The van der Waals surface area contributed by atoms with Crippen LogP contribution in [-0.4, -0.2) is 42.2 Å². The normalized spacial score (nSPS) is 17.3. The number of piperidine rings is 1. The summed E-state index contributed by atoms with van der Waals surface area (Å²) in [5, 5.41) is 9.25. The summed E-state index contributed by atoms with van der Waals surface area (Å²) < 4.78 is 6.30. The maximum atomic E-state index is 11.2.